The van der Waals surface area contributed by atoms with Gasteiger partial charge in [-0.1, -0.05) is 60.7 Å². The van der Waals surface area contributed by atoms with E-state index >= 15 is 0 Å². The molecule has 2 aromatic rings. The van der Waals surface area contributed by atoms with Crippen LogP contribution in [0.4, 0.5) is 0 Å². The van der Waals surface area contributed by atoms with Crippen molar-refractivity contribution in [2.24, 2.45) is 0 Å². The molecule has 2 heterocycles. The van der Waals surface area contributed by atoms with Gasteiger partial charge in [0.1, 0.15) is 25.3 Å². The van der Waals surface area contributed by atoms with Crippen LogP contribution in [0.25, 0.3) is 0 Å². The third-order valence-corrected chi connectivity index (χ3v) is 8.78. The molecule has 0 aliphatic carbocycles. The lowest BCUT2D eigenvalue weighted by Crippen LogP contribution is -2.47. The fraction of sp³-hybridized carbons (Fsp3) is 0.579. The van der Waals surface area contributed by atoms with E-state index in [0.29, 0.717) is 98.4 Å². The van der Waals surface area contributed by atoms with Crippen molar-refractivity contribution in [1.82, 2.24) is 25.8 Å². The van der Waals surface area contributed by atoms with Crippen LogP contribution in [0.1, 0.15) is 36.8 Å². The molecule has 3 N–H and O–H groups in total. The van der Waals surface area contributed by atoms with Crippen molar-refractivity contribution in [2.45, 2.75) is 50.9 Å². The van der Waals surface area contributed by atoms with Gasteiger partial charge in [0.2, 0.25) is 23.6 Å². The van der Waals surface area contributed by atoms with E-state index in [-0.39, 0.29) is 43.4 Å². The van der Waals surface area contributed by atoms with Gasteiger partial charge < -0.3 is 49.4 Å². The number of nitrogens with one attached hydrogen (secondary N) is 3. The molecule has 14 nitrogen and oxygen atoms in total. The van der Waals surface area contributed by atoms with E-state index in [0.717, 1.165) is 24.0 Å². The summed E-state index contributed by atoms with van der Waals surface area (Å²) < 4.78 is 27.6. The lowest BCUT2D eigenvalue weighted by molar-refractivity contribution is -0.142. The Hall–Kier alpha value is -3.92. The summed E-state index contributed by atoms with van der Waals surface area (Å²) in [5, 5.41) is 9.10. The Labute approximate surface area is 306 Å². The highest BCUT2D eigenvalue weighted by Crippen LogP contribution is 2.19. The van der Waals surface area contributed by atoms with E-state index < -0.39 is 12.1 Å². The summed E-state index contributed by atoms with van der Waals surface area (Å²) in [4.78, 5) is 53.9. The van der Waals surface area contributed by atoms with Gasteiger partial charge in [0.25, 0.3) is 0 Å². The van der Waals surface area contributed by atoms with E-state index in [1.165, 1.54) is 0 Å². The van der Waals surface area contributed by atoms with Crippen LogP contribution in [0.5, 0.6) is 0 Å². The third-order valence-electron chi connectivity index (χ3n) is 8.78. The van der Waals surface area contributed by atoms with E-state index in [2.05, 4.69) is 16.0 Å². The maximum absolute atomic E-state index is 12.7. The van der Waals surface area contributed by atoms with Gasteiger partial charge in [-0.3, -0.25) is 19.2 Å². The van der Waals surface area contributed by atoms with Crippen LogP contribution in [0.3, 0.4) is 0 Å². The van der Waals surface area contributed by atoms with Gasteiger partial charge >= 0.3 is 0 Å². The Morgan fingerprint density at radius 3 is 1.35 bits per heavy atom. The van der Waals surface area contributed by atoms with Crippen molar-refractivity contribution in [3.8, 4) is 0 Å². The standard InChI is InChI=1S/C38H55N5O9/c44-35(42-17-7-13-33(42)37(46)40-27-31-9-3-1-4-10-31)29-51-25-23-49-20-16-39-15-19-48-21-22-50-24-26-52-30-36(45)43-18-8-14-34(43)38(47)41-28-32-11-5-2-6-12-32/h1-6,9-12,33-34,39H,7-8,13-30H2,(H,40,46)(H,41,47). The second-order valence-corrected chi connectivity index (χ2v) is 12.6. The number of hydrogen-bond acceptors (Lipinski definition) is 10. The summed E-state index contributed by atoms with van der Waals surface area (Å²) in [6.07, 6.45) is 2.90. The zero-order chi connectivity index (χ0) is 36.6. The third kappa shape index (κ3) is 15.0. The summed E-state index contributed by atoms with van der Waals surface area (Å²) in [7, 11) is 0. The number of nitrogens with zero attached hydrogens (tertiary/aromatic N) is 2. The predicted molar refractivity (Wildman–Crippen MR) is 193 cm³/mol. The van der Waals surface area contributed by atoms with Crippen LogP contribution in [-0.2, 0) is 56.0 Å². The minimum absolute atomic E-state index is 0.0750. The maximum Gasteiger partial charge on any atom is 0.249 e. The normalized spacial score (nSPS) is 17.0. The number of likely N-dealkylation sites (tertiary alicyclic amines) is 2. The molecule has 2 atom stereocenters. The van der Waals surface area contributed by atoms with Crippen molar-refractivity contribution in [2.75, 3.05) is 92.2 Å². The van der Waals surface area contributed by atoms with Crippen molar-refractivity contribution < 1.29 is 42.9 Å². The number of carbonyl (C=O) groups is 4. The van der Waals surface area contributed by atoms with Crippen LogP contribution in [0.2, 0.25) is 0 Å². The molecule has 0 aromatic heterocycles. The lowest BCUT2D eigenvalue weighted by Gasteiger charge is -2.24. The van der Waals surface area contributed by atoms with Crippen LogP contribution in [0.15, 0.2) is 60.7 Å². The largest absolute Gasteiger partial charge is 0.378 e. The highest BCUT2D eigenvalue weighted by Gasteiger charge is 2.34. The van der Waals surface area contributed by atoms with Crippen LogP contribution in [0, 0.1) is 0 Å². The summed E-state index contributed by atoms with van der Waals surface area (Å²) in [5.74, 6) is -0.635. The summed E-state index contributed by atoms with van der Waals surface area (Å²) in [6.45, 7) is 6.31. The number of hydrogen-bond donors (Lipinski definition) is 3. The molecule has 2 aliphatic rings. The van der Waals surface area contributed by atoms with E-state index in [1.807, 2.05) is 60.7 Å². The summed E-state index contributed by atoms with van der Waals surface area (Å²) in [5.41, 5.74) is 2.03. The lowest BCUT2D eigenvalue weighted by atomic mass is 10.2. The quantitative estimate of drug-likeness (QED) is 0.128. The zero-order valence-corrected chi connectivity index (χ0v) is 30.1. The van der Waals surface area contributed by atoms with E-state index in [9.17, 15) is 19.2 Å². The number of amides is 4. The van der Waals surface area contributed by atoms with Gasteiger partial charge in [-0.2, -0.15) is 0 Å². The molecule has 0 radical (unpaired) electrons. The summed E-state index contributed by atoms with van der Waals surface area (Å²) >= 11 is 0. The first-order valence-electron chi connectivity index (χ1n) is 18.3. The van der Waals surface area contributed by atoms with E-state index in [4.69, 9.17) is 23.7 Å². The number of rotatable bonds is 25. The Balaban J connectivity index is 0.891. The molecule has 4 amide bonds. The molecule has 2 saturated heterocycles. The van der Waals surface area contributed by atoms with Crippen LogP contribution < -0.4 is 16.0 Å². The van der Waals surface area contributed by atoms with Gasteiger partial charge in [0, 0.05) is 39.3 Å². The Morgan fingerprint density at radius 2 is 0.923 bits per heavy atom. The molecule has 4 rings (SSSR count). The minimum Gasteiger partial charge on any atom is -0.378 e. The van der Waals surface area contributed by atoms with Gasteiger partial charge in [-0.25, -0.2) is 0 Å². The summed E-state index contributed by atoms with van der Waals surface area (Å²) in [6, 6.07) is 18.5. The minimum atomic E-state index is -0.457. The average Bonchev–Trinajstić information content (AvgIpc) is 3.88. The molecule has 286 valence electrons. The van der Waals surface area contributed by atoms with Crippen LogP contribution >= 0.6 is 0 Å². The highest BCUT2D eigenvalue weighted by molar-refractivity contribution is 5.89. The Kier molecular flexibility index (Phi) is 19.1. The van der Waals surface area contributed by atoms with Crippen molar-refractivity contribution >= 4 is 23.6 Å². The molecule has 0 saturated carbocycles. The van der Waals surface area contributed by atoms with Crippen molar-refractivity contribution in [1.29, 1.82) is 0 Å². The van der Waals surface area contributed by atoms with E-state index in [1.54, 1.807) is 9.80 Å². The molecule has 2 fully saturated rings. The highest BCUT2D eigenvalue weighted by atomic mass is 16.5. The smallest absolute Gasteiger partial charge is 0.249 e. The van der Waals surface area contributed by atoms with Crippen LogP contribution in [-0.4, -0.2) is 138 Å². The Bertz CT molecular complexity index is 1240. The van der Waals surface area contributed by atoms with Gasteiger partial charge in [0.15, 0.2) is 0 Å². The first-order chi connectivity index (χ1) is 25.5. The SMILES string of the molecule is O=C(NCc1ccccc1)C1CCCN1C(=O)COCCOCCNCCOCCOCCOCC(=O)N1CCCC1C(=O)NCc1ccccc1. The second-order valence-electron chi connectivity index (χ2n) is 12.6. The van der Waals surface area contributed by atoms with Gasteiger partial charge in [-0.15, -0.1) is 0 Å². The molecule has 2 aromatic carbocycles. The Morgan fingerprint density at radius 1 is 0.538 bits per heavy atom. The van der Waals surface area contributed by atoms with Gasteiger partial charge in [0.05, 0.1) is 52.9 Å². The fourth-order valence-electron chi connectivity index (χ4n) is 6.04. The molecule has 2 aliphatic heterocycles. The zero-order valence-electron chi connectivity index (χ0n) is 30.1. The number of carbonyl (C=O) groups excluding carboxylic acids is 4. The van der Waals surface area contributed by atoms with Crippen molar-refractivity contribution in [3.05, 3.63) is 71.8 Å². The first-order valence-corrected chi connectivity index (χ1v) is 18.3. The molecular formula is C38H55N5O9. The molecule has 0 bridgehead atoms. The monoisotopic (exact) mass is 725 g/mol. The van der Waals surface area contributed by atoms with Crippen molar-refractivity contribution in [3.63, 3.8) is 0 Å². The number of benzene rings is 2. The first kappa shape index (κ1) is 40.8. The number of ether oxygens (including phenoxy) is 5. The molecular weight excluding hydrogens is 670 g/mol. The predicted octanol–water partition coefficient (Wildman–Crippen LogP) is 1.27. The fourth-order valence-corrected chi connectivity index (χ4v) is 6.04. The molecule has 14 heteroatoms. The molecule has 2 unspecified atom stereocenters. The molecule has 0 spiro atoms. The topological polar surface area (TPSA) is 157 Å². The second kappa shape index (κ2) is 24.3. The van der Waals surface area contributed by atoms with Gasteiger partial charge in [-0.05, 0) is 36.8 Å². The average molecular weight is 726 g/mol. The molecule has 52 heavy (non-hydrogen) atoms. The maximum atomic E-state index is 12.7.